The van der Waals surface area contributed by atoms with E-state index in [1.165, 1.54) is 0 Å². The molecule has 0 bridgehead atoms. The molecule has 20 heavy (non-hydrogen) atoms. The van der Waals surface area contributed by atoms with Gasteiger partial charge in [0.15, 0.2) is 0 Å². The van der Waals surface area contributed by atoms with Crippen LogP contribution in [-0.2, 0) is 4.79 Å². The fourth-order valence-electron chi connectivity index (χ4n) is 2.94. The summed E-state index contributed by atoms with van der Waals surface area (Å²) in [5.74, 6) is -0.650. The van der Waals surface area contributed by atoms with E-state index in [9.17, 15) is 14.7 Å². The summed E-state index contributed by atoms with van der Waals surface area (Å²) in [6.45, 7) is 3.95. The van der Waals surface area contributed by atoms with Crippen molar-refractivity contribution in [2.45, 2.75) is 51.5 Å². The third kappa shape index (κ3) is 2.71. The van der Waals surface area contributed by atoms with Crippen LogP contribution in [0.3, 0.4) is 0 Å². The van der Waals surface area contributed by atoms with Crippen molar-refractivity contribution in [1.29, 1.82) is 0 Å². The summed E-state index contributed by atoms with van der Waals surface area (Å²) in [6.07, 6.45) is 7.14. The number of carboxylic acid groups (broad SMARTS) is 1. The summed E-state index contributed by atoms with van der Waals surface area (Å²) >= 11 is 0. The van der Waals surface area contributed by atoms with Crippen LogP contribution in [0.2, 0.25) is 0 Å². The van der Waals surface area contributed by atoms with E-state index >= 15 is 0 Å². The molecule has 1 heterocycles. The SMILES string of the molecule is CCC1CCC(NC(=O)c2c[nH]cc2C)(C(=O)O)CC1. The van der Waals surface area contributed by atoms with Gasteiger partial charge in [0.2, 0.25) is 0 Å². The topological polar surface area (TPSA) is 82.2 Å². The van der Waals surface area contributed by atoms with Crippen LogP contribution >= 0.6 is 0 Å². The van der Waals surface area contributed by atoms with Crippen molar-refractivity contribution in [3.8, 4) is 0 Å². The quantitative estimate of drug-likeness (QED) is 0.791. The third-order valence-corrected chi connectivity index (χ3v) is 4.50. The van der Waals surface area contributed by atoms with Crippen molar-refractivity contribution in [3.05, 3.63) is 23.5 Å². The maximum atomic E-state index is 12.3. The number of carbonyl (C=O) groups is 2. The molecule has 0 aliphatic heterocycles. The molecule has 0 aromatic carbocycles. The Hall–Kier alpha value is -1.78. The van der Waals surface area contributed by atoms with E-state index in [-0.39, 0.29) is 5.91 Å². The maximum Gasteiger partial charge on any atom is 0.329 e. The molecule has 110 valence electrons. The smallest absolute Gasteiger partial charge is 0.329 e. The van der Waals surface area contributed by atoms with Crippen LogP contribution in [-0.4, -0.2) is 27.5 Å². The predicted octanol–water partition coefficient (Wildman–Crippen LogP) is 2.48. The van der Waals surface area contributed by atoms with Gasteiger partial charge in [-0.25, -0.2) is 4.79 Å². The van der Waals surface area contributed by atoms with Crippen molar-refractivity contribution >= 4 is 11.9 Å². The monoisotopic (exact) mass is 278 g/mol. The Balaban J connectivity index is 2.13. The van der Waals surface area contributed by atoms with Crippen molar-refractivity contribution in [2.75, 3.05) is 0 Å². The lowest BCUT2D eigenvalue weighted by molar-refractivity contribution is -0.146. The molecule has 0 unspecified atom stereocenters. The van der Waals surface area contributed by atoms with Crippen molar-refractivity contribution in [1.82, 2.24) is 10.3 Å². The van der Waals surface area contributed by atoms with E-state index < -0.39 is 11.5 Å². The average molecular weight is 278 g/mol. The van der Waals surface area contributed by atoms with Gasteiger partial charge in [0.05, 0.1) is 5.56 Å². The lowest BCUT2D eigenvalue weighted by Crippen LogP contribution is -2.56. The van der Waals surface area contributed by atoms with Crippen molar-refractivity contribution < 1.29 is 14.7 Å². The molecule has 1 saturated carbocycles. The number of amides is 1. The summed E-state index contributed by atoms with van der Waals surface area (Å²) in [6, 6.07) is 0. The second-order valence-corrected chi connectivity index (χ2v) is 5.75. The van der Waals surface area contributed by atoms with Gasteiger partial charge in [-0.15, -0.1) is 0 Å². The highest BCUT2D eigenvalue weighted by Crippen LogP contribution is 2.34. The number of aryl methyl sites for hydroxylation is 1. The van der Waals surface area contributed by atoms with Gasteiger partial charge in [-0.05, 0) is 44.1 Å². The van der Waals surface area contributed by atoms with Gasteiger partial charge in [0.25, 0.3) is 5.91 Å². The lowest BCUT2D eigenvalue weighted by atomic mass is 9.75. The van der Waals surface area contributed by atoms with Gasteiger partial charge >= 0.3 is 5.97 Å². The van der Waals surface area contributed by atoms with E-state index in [1.54, 1.807) is 12.4 Å². The van der Waals surface area contributed by atoms with Crippen LogP contribution in [0.15, 0.2) is 12.4 Å². The first kappa shape index (κ1) is 14.6. The number of aliphatic carboxylic acids is 1. The fourth-order valence-corrected chi connectivity index (χ4v) is 2.94. The Morgan fingerprint density at radius 2 is 2.05 bits per heavy atom. The Bertz CT molecular complexity index is 499. The molecular weight excluding hydrogens is 256 g/mol. The van der Waals surface area contributed by atoms with Crippen LogP contribution in [0.5, 0.6) is 0 Å². The van der Waals surface area contributed by atoms with Gasteiger partial charge < -0.3 is 15.4 Å². The van der Waals surface area contributed by atoms with E-state index in [0.717, 1.165) is 24.8 Å². The molecule has 3 N–H and O–H groups in total. The number of nitrogens with one attached hydrogen (secondary N) is 2. The number of carbonyl (C=O) groups excluding carboxylic acids is 1. The molecule has 1 fully saturated rings. The Morgan fingerprint density at radius 3 is 2.50 bits per heavy atom. The zero-order chi connectivity index (χ0) is 14.8. The summed E-state index contributed by atoms with van der Waals surface area (Å²) in [7, 11) is 0. The third-order valence-electron chi connectivity index (χ3n) is 4.50. The normalized spacial score (nSPS) is 26.2. The van der Waals surface area contributed by atoms with Gasteiger partial charge in [0.1, 0.15) is 5.54 Å². The standard InChI is InChI=1S/C15H22N2O3/c1-3-11-4-6-15(7-5-11,14(19)20)17-13(18)12-9-16-8-10(12)2/h8-9,11,16H,3-7H2,1-2H3,(H,17,18)(H,19,20). The maximum absolute atomic E-state index is 12.3. The fraction of sp³-hybridized carbons (Fsp3) is 0.600. The Labute approximate surface area is 118 Å². The van der Waals surface area contributed by atoms with Gasteiger partial charge in [0, 0.05) is 12.4 Å². The van der Waals surface area contributed by atoms with E-state index in [0.29, 0.717) is 24.3 Å². The predicted molar refractivity (Wildman–Crippen MR) is 75.6 cm³/mol. The largest absolute Gasteiger partial charge is 0.480 e. The zero-order valence-corrected chi connectivity index (χ0v) is 12.0. The minimum absolute atomic E-state index is 0.305. The number of aromatic amines is 1. The average Bonchev–Trinajstić information content (AvgIpc) is 2.85. The first-order valence-corrected chi connectivity index (χ1v) is 7.18. The molecular formula is C15H22N2O3. The molecule has 1 aromatic rings. The summed E-state index contributed by atoms with van der Waals surface area (Å²) < 4.78 is 0. The molecule has 0 saturated heterocycles. The van der Waals surface area contributed by atoms with E-state index in [2.05, 4.69) is 17.2 Å². The van der Waals surface area contributed by atoms with Crippen LogP contribution in [0.1, 0.15) is 54.9 Å². The number of rotatable bonds is 4. The Morgan fingerprint density at radius 1 is 1.40 bits per heavy atom. The highest BCUT2D eigenvalue weighted by atomic mass is 16.4. The van der Waals surface area contributed by atoms with Crippen LogP contribution in [0, 0.1) is 12.8 Å². The molecule has 0 radical (unpaired) electrons. The second-order valence-electron chi connectivity index (χ2n) is 5.75. The number of hydrogen-bond acceptors (Lipinski definition) is 2. The molecule has 0 spiro atoms. The molecule has 0 atom stereocenters. The number of hydrogen-bond donors (Lipinski definition) is 3. The highest BCUT2D eigenvalue weighted by molar-refractivity contribution is 5.98. The van der Waals surface area contributed by atoms with Gasteiger partial charge in [-0.1, -0.05) is 13.3 Å². The van der Waals surface area contributed by atoms with Crippen LogP contribution < -0.4 is 5.32 Å². The molecule has 1 amide bonds. The minimum Gasteiger partial charge on any atom is -0.480 e. The molecule has 1 aliphatic rings. The minimum atomic E-state index is -1.10. The molecule has 5 heteroatoms. The second kappa shape index (κ2) is 5.69. The molecule has 5 nitrogen and oxygen atoms in total. The first-order chi connectivity index (χ1) is 9.48. The highest BCUT2D eigenvalue weighted by Gasteiger charge is 2.43. The van der Waals surface area contributed by atoms with Gasteiger partial charge in [-0.2, -0.15) is 0 Å². The summed E-state index contributed by atoms with van der Waals surface area (Å²) in [5.41, 5.74) is 0.237. The van der Waals surface area contributed by atoms with Crippen LogP contribution in [0.4, 0.5) is 0 Å². The van der Waals surface area contributed by atoms with Crippen molar-refractivity contribution in [3.63, 3.8) is 0 Å². The van der Waals surface area contributed by atoms with Crippen molar-refractivity contribution in [2.24, 2.45) is 5.92 Å². The summed E-state index contributed by atoms with van der Waals surface area (Å²) in [4.78, 5) is 26.8. The van der Waals surface area contributed by atoms with Crippen LogP contribution in [0.25, 0.3) is 0 Å². The molecule has 1 aromatic heterocycles. The van der Waals surface area contributed by atoms with E-state index in [1.807, 2.05) is 6.92 Å². The first-order valence-electron chi connectivity index (χ1n) is 7.18. The van der Waals surface area contributed by atoms with E-state index in [4.69, 9.17) is 0 Å². The zero-order valence-electron chi connectivity index (χ0n) is 12.0. The lowest BCUT2D eigenvalue weighted by Gasteiger charge is -2.37. The molecule has 2 rings (SSSR count). The number of H-pyrrole nitrogens is 1. The van der Waals surface area contributed by atoms with Gasteiger partial charge in [-0.3, -0.25) is 4.79 Å². The number of aromatic nitrogens is 1. The number of carboxylic acids is 1. The summed E-state index contributed by atoms with van der Waals surface area (Å²) in [5, 5.41) is 12.3. The molecule has 1 aliphatic carbocycles. The Kier molecular flexibility index (Phi) is 4.16.